The van der Waals surface area contributed by atoms with Gasteiger partial charge in [0.25, 0.3) is 11.8 Å². The topological polar surface area (TPSA) is 72.0 Å². The molecular weight excluding hydrogens is 532 g/mol. The average molecular weight is 558 g/mol. The molecule has 0 bridgehead atoms. The first kappa shape index (κ1) is 26.3. The van der Waals surface area contributed by atoms with Gasteiger partial charge < -0.3 is 19.3 Å². The van der Waals surface area contributed by atoms with Crippen LogP contribution in [0.3, 0.4) is 0 Å². The van der Waals surface area contributed by atoms with E-state index in [0.717, 1.165) is 16.8 Å². The van der Waals surface area contributed by atoms with Crippen LogP contribution in [0.15, 0.2) is 42.6 Å². The highest BCUT2D eigenvalue weighted by Crippen LogP contribution is 2.49. The first-order valence-electron chi connectivity index (χ1n) is 12.1. The van der Waals surface area contributed by atoms with E-state index in [1.807, 2.05) is 19.1 Å². The number of anilines is 1. The zero-order chi connectivity index (χ0) is 27.2. The summed E-state index contributed by atoms with van der Waals surface area (Å²) in [4.78, 5) is 34.4. The molecule has 0 radical (unpaired) electrons. The number of pyridine rings is 1. The number of nitrogens with zero attached hydrogens (tertiary/aromatic N) is 3. The number of hydrogen-bond acceptors (Lipinski definition) is 5. The lowest BCUT2D eigenvalue weighted by atomic mass is 9.74. The molecule has 0 unspecified atom stereocenters. The lowest BCUT2D eigenvalue weighted by Crippen LogP contribution is -2.48. The summed E-state index contributed by atoms with van der Waals surface area (Å²) < 4.78 is 25.7. The van der Waals surface area contributed by atoms with Crippen LogP contribution in [0.25, 0.3) is 0 Å². The van der Waals surface area contributed by atoms with Gasteiger partial charge in [0.2, 0.25) is 0 Å². The third kappa shape index (κ3) is 4.35. The molecule has 1 spiro atoms. The van der Waals surface area contributed by atoms with Crippen LogP contribution in [0.5, 0.6) is 11.5 Å². The molecule has 38 heavy (non-hydrogen) atoms. The van der Waals surface area contributed by atoms with E-state index in [2.05, 4.69) is 11.1 Å². The van der Waals surface area contributed by atoms with E-state index < -0.39 is 11.7 Å². The fourth-order valence-corrected chi connectivity index (χ4v) is 5.76. The van der Waals surface area contributed by atoms with E-state index in [4.69, 9.17) is 32.7 Å². The Morgan fingerprint density at radius 2 is 1.76 bits per heavy atom. The molecule has 5 rings (SSSR count). The highest BCUT2D eigenvalue weighted by atomic mass is 35.5. The zero-order valence-electron chi connectivity index (χ0n) is 21.2. The second kappa shape index (κ2) is 10.1. The normalized spacial score (nSPS) is 15.9. The minimum Gasteiger partial charge on any atom is -0.493 e. The van der Waals surface area contributed by atoms with Crippen molar-refractivity contribution in [1.82, 2.24) is 9.88 Å². The Morgan fingerprint density at radius 1 is 1.03 bits per heavy atom. The van der Waals surface area contributed by atoms with Gasteiger partial charge in [-0.3, -0.25) is 9.59 Å². The maximum atomic E-state index is 15.0. The van der Waals surface area contributed by atoms with Crippen LogP contribution in [-0.4, -0.2) is 55.6 Å². The minimum atomic E-state index is -0.682. The molecule has 0 aliphatic carbocycles. The third-order valence-electron chi connectivity index (χ3n) is 7.48. The summed E-state index contributed by atoms with van der Waals surface area (Å²) >= 11 is 12.0. The molecule has 2 aliphatic rings. The smallest absolute Gasteiger partial charge is 0.265 e. The summed E-state index contributed by atoms with van der Waals surface area (Å²) in [5.74, 6) is -1.02. The molecule has 1 saturated heterocycles. The van der Waals surface area contributed by atoms with Crippen molar-refractivity contribution in [3.63, 3.8) is 0 Å². The molecule has 198 valence electrons. The second-order valence-electron chi connectivity index (χ2n) is 9.64. The van der Waals surface area contributed by atoms with Crippen LogP contribution >= 0.6 is 23.2 Å². The van der Waals surface area contributed by atoms with E-state index in [1.165, 1.54) is 38.6 Å². The Hall–Kier alpha value is -3.36. The molecule has 2 amide bonds. The van der Waals surface area contributed by atoms with Gasteiger partial charge in [0.1, 0.15) is 16.5 Å². The highest BCUT2D eigenvalue weighted by Gasteiger charge is 2.48. The Labute approximate surface area is 230 Å². The summed E-state index contributed by atoms with van der Waals surface area (Å²) in [5, 5.41) is 0.369. The van der Waals surface area contributed by atoms with Crippen molar-refractivity contribution >= 4 is 40.7 Å². The molecule has 0 N–H and O–H groups in total. The molecule has 3 heterocycles. The van der Waals surface area contributed by atoms with Gasteiger partial charge in [-0.1, -0.05) is 40.9 Å². The number of halogens is 3. The molecule has 1 fully saturated rings. The number of carbonyl (C=O) groups excluding carboxylic acids is 2. The third-order valence-corrected chi connectivity index (χ3v) is 8.17. The maximum Gasteiger partial charge on any atom is 0.265 e. The summed E-state index contributed by atoms with van der Waals surface area (Å²) in [5.41, 5.74) is 2.63. The predicted octanol–water partition coefficient (Wildman–Crippen LogP) is 5.69. The standard InChI is InChI=1S/C28H26Cl2FN3O4/c1-16-4-6-21-18(12-16)28(8-10-33(11-9-28)26(35)17-13-19(29)25(30)32-14-17)15-34(21)27(36)23-20(31)5-7-22(37-2)24(23)38-3/h4-7,12-14H,8-11,15H2,1-3H3. The minimum absolute atomic E-state index is 0.0581. The van der Waals surface area contributed by atoms with Crippen molar-refractivity contribution in [2.24, 2.45) is 0 Å². The van der Waals surface area contributed by atoms with E-state index in [0.29, 0.717) is 38.0 Å². The lowest BCUT2D eigenvalue weighted by molar-refractivity contribution is 0.0670. The van der Waals surface area contributed by atoms with Crippen molar-refractivity contribution in [3.05, 3.63) is 80.8 Å². The molecule has 2 aliphatic heterocycles. The largest absolute Gasteiger partial charge is 0.493 e. The zero-order valence-corrected chi connectivity index (χ0v) is 22.7. The van der Waals surface area contributed by atoms with Crippen molar-refractivity contribution in [3.8, 4) is 11.5 Å². The number of fused-ring (bicyclic) bond motifs is 2. The van der Waals surface area contributed by atoms with Gasteiger partial charge in [0.05, 0.1) is 24.8 Å². The summed E-state index contributed by atoms with van der Waals surface area (Å²) in [6.45, 7) is 3.32. The van der Waals surface area contributed by atoms with Gasteiger partial charge in [-0.2, -0.15) is 0 Å². The Kier molecular flexibility index (Phi) is 6.96. The van der Waals surface area contributed by atoms with E-state index >= 15 is 4.39 Å². The molecule has 7 nitrogen and oxygen atoms in total. The van der Waals surface area contributed by atoms with Crippen molar-refractivity contribution < 1.29 is 23.5 Å². The van der Waals surface area contributed by atoms with Gasteiger partial charge in [-0.15, -0.1) is 0 Å². The quantitative estimate of drug-likeness (QED) is 0.385. The number of benzene rings is 2. The van der Waals surface area contributed by atoms with Crippen LogP contribution in [0.2, 0.25) is 10.2 Å². The van der Waals surface area contributed by atoms with Gasteiger partial charge in [-0.05, 0) is 49.6 Å². The fourth-order valence-electron chi connectivity index (χ4n) is 5.49. The van der Waals surface area contributed by atoms with Crippen LogP contribution in [0.1, 0.15) is 44.7 Å². The van der Waals surface area contributed by atoms with Crippen LogP contribution < -0.4 is 14.4 Å². The van der Waals surface area contributed by atoms with Crippen LogP contribution in [-0.2, 0) is 5.41 Å². The molecule has 0 saturated carbocycles. The number of likely N-dealkylation sites (tertiary alicyclic amines) is 1. The predicted molar refractivity (Wildman–Crippen MR) is 143 cm³/mol. The summed E-state index contributed by atoms with van der Waals surface area (Å²) in [6, 6.07) is 10.1. The number of amides is 2. The SMILES string of the molecule is COc1ccc(F)c(C(=O)N2CC3(CCN(C(=O)c4cnc(Cl)c(Cl)c4)CC3)c3cc(C)ccc32)c1OC. The van der Waals surface area contributed by atoms with Crippen molar-refractivity contribution in [2.75, 3.05) is 38.8 Å². The van der Waals surface area contributed by atoms with E-state index in [1.54, 1.807) is 9.80 Å². The molecule has 10 heteroatoms. The average Bonchev–Trinajstić information content (AvgIpc) is 3.22. The Bertz CT molecular complexity index is 1440. The molecule has 3 aromatic rings. The first-order valence-corrected chi connectivity index (χ1v) is 12.9. The number of carbonyl (C=O) groups is 2. The van der Waals surface area contributed by atoms with E-state index in [-0.39, 0.29) is 38.6 Å². The fraction of sp³-hybridized carbons (Fsp3) is 0.321. The number of rotatable bonds is 4. The highest BCUT2D eigenvalue weighted by molar-refractivity contribution is 6.41. The molecular formula is C28H26Cl2FN3O4. The van der Waals surface area contributed by atoms with Gasteiger partial charge in [0, 0.05) is 36.9 Å². The van der Waals surface area contributed by atoms with Crippen LogP contribution in [0, 0.1) is 12.7 Å². The summed E-state index contributed by atoms with van der Waals surface area (Å²) in [7, 11) is 2.82. The van der Waals surface area contributed by atoms with Crippen molar-refractivity contribution in [1.29, 1.82) is 0 Å². The van der Waals surface area contributed by atoms with Gasteiger partial charge >= 0.3 is 0 Å². The van der Waals surface area contributed by atoms with Crippen molar-refractivity contribution in [2.45, 2.75) is 25.2 Å². The van der Waals surface area contributed by atoms with Crippen LogP contribution in [0.4, 0.5) is 10.1 Å². The number of piperidine rings is 1. The summed E-state index contributed by atoms with van der Waals surface area (Å²) in [6.07, 6.45) is 2.68. The molecule has 1 aromatic heterocycles. The Morgan fingerprint density at radius 3 is 2.42 bits per heavy atom. The molecule has 2 aromatic carbocycles. The van der Waals surface area contributed by atoms with E-state index in [9.17, 15) is 9.59 Å². The number of hydrogen-bond donors (Lipinski definition) is 0. The first-order chi connectivity index (χ1) is 18.2. The number of aromatic nitrogens is 1. The monoisotopic (exact) mass is 557 g/mol. The number of ether oxygens (including phenoxy) is 2. The maximum absolute atomic E-state index is 15.0. The van der Waals surface area contributed by atoms with Gasteiger partial charge in [0.15, 0.2) is 11.5 Å². The second-order valence-corrected chi connectivity index (χ2v) is 10.4. The lowest BCUT2D eigenvalue weighted by Gasteiger charge is -2.40. The number of methoxy groups -OCH3 is 2. The Balaban J connectivity index is 1.45. The number of aryl methyl sites for hydroxylation is 1. The molecule has 0 atom stereocenters. The van der Waals surface area contributed by atoms with Gasteiger partial charge in [-0.25, -0.2) is 9.37 Å².